The Morgan fingerprint density at radius 1 is 1.07 bits per heavy atom. The highest BCUT2D eigenvalue weighted by Gasteiger charge is 2.22. The van der Waals surface area contributed by atoms with Crippen LogP contribution in [0, 0.1) is 0 Å². The van der Waals surface area contributed by atoms with Gasteiger partial charge in [-0.05, 0) is 67.5 Å². The molecule has 3 aromatic heterocycles. The molecular weight excluding hydrogens is 520 g/mol. The number of carbonyl (C=O) groups is 2. The first kappa shape index (κ1) is 28.0. The van der Waals surface area contributed by atoms with Crippen molar-refractivity contribution in [3.8, 4) is 0 Å². The number of nitrogens with zero attached hydrogens (tertiary/aromatic N) is 4. The molecule has 1 saturated heterocycles. The number of thiophene rings is 1. The van der Waals surface area contributed by atoms with Crippen LogP contribution in [0.1, 0.15) is 72.3 Å². The molecular formula is C31H38N6O2S. The van der Waals surface area contributed by atoms with Gasteiger partial charge in [-0.2, -0.15) is 0 Å². The third-order valence-electron chi connectivity index (χ3n) is 7.72. The predicted octanol–water partition coefficient (Wildman–Crippen LogP) is 4.96. The summed E-state index contributed by atoms with van der Waals surface area (Å²) in [5, 5.41) is 7.97. The number of carbonyl (C=O) groups excluding carboxylic acids is 2. The summed E-state index contributed by atoms with van der Waals surface area (Å²) in [6.45, 7) is 7.00. The molecule has 0 saturated carbocycles. The minimum atomic E-state index is -0.265. The molecule has 1 aliphatic heterocycles. The van der Waals surface area contributed by atoms with E-state index >= 15 is 0 Å². The van der Waals surface area contributed by atoms with E-state index in [0.717, 1.165) is 74.3 Å². The van der Waals surface area contributed by atoms with Gasteiger partial charge >= 0.3 is 0 Å². The quantitative estimate of drug-likeness (QED) is 0.272. The summed E-state index contributed by atoms with van der Waals surface area (Å²) in [7, 11) is 0. The molecule has 2 N–H and O–H groups in total. The topological polar surface area (TPSA) is 92.1 Å². The van der Waals surface area contributed by atoms with E-state index in [1.54, 1.807) is 11.3 Å². The Labute approximate surface area is 239 Å². The van der Waals surface area contributed by atoms with Crippen LogP contribution in [-0.2, 0) is 17.8 Å². The fourth-order valence-electron chi connectivity index (χ4n) is 5.54. The van der Waals surface area contributed by atoms with Crippen molar-refractivity contribution in [2.24, 2.45) is 0 Å². The zero-order chi connectivity index (χ0) is 27.9. The Hall–Kier alpha value is -3.56. The molecule has 4 heterocycles. The van der Waals surface area contributed by atoms with Gasteiger partial charge in [-0.1, -0.05) is 26.0 Å². The van der Waals surface area contributed by atoms with Gasteiger partial charge in [-0.15, -0.1) is 11.3 Å². The summed E-state index contributed by atoms with van der Waals surface area (Å²) in [6.07, 6.45) is 6.39. The third-order valence-corrected chi connectivity index (χ3v) is 8.60. The standard InChI is InChI=1S/C31H38N6O2S/c1-3-25(4-2)37-28-11-10-22(18-27(28)35-29(37)19-26-9-7-17-40-26)31(39)33-20-30(38)34-23-12-15-36(16-13-23)21-24-8-5-6-14-32-24/h5-11,14,17-18,23,25H,3-4,12-13,15-16,19-21H2,1-2H3,(H,33,39)(H,34,38). The zero-order valence-electron chi connectivity index (χ0n) is 23.3. The fourth-order valence-corrected chi connectivity index (χ4v) is 6.24. The molecule has 40 heavy (non-hydrogen) atoms. The number of amides is 2. The minimum absolute atomic E-state index is 0.0448. The Balaban J connectivity index is 1.16. The molecule has 0 unspecified atom stereocenters. The third kappa shape index (κ3) is 6.77. The molecule has 2 amide bonds. The second-order valence-electron chi connectivity index (χ2n) is 10.4. The van der Waals surface area contributed by atoms with Crippen LogP contribution in [-0.4, -0.2) is 56.9 Å². The second kappa shape index (κ2) is 13.2. The summed E-state index contributed by atoms with van der Waals surface area (Å²) >= 11 is 1.73. The van der Waals surface area contributed by atoms with Crippen LogP contribution < -0.4 is 10.6 Å². The van der Waals surface area contributed by atoms with Crippen molar-refractivity contribution in [1.82, 2.24) is 30.1 Å². The number of rotatable bonds is 11. The van der Waals surface area contributed by atoms with E-state index in [4.69, 9.17) is 4.98 Å². The highest BCUT2D eigenvalue weighted by molar-refractivity contribution is 7.09. The van der Waals surface area contributed by atoms with Crippen LogP contribution in [0.2, 0.25) is 0 Å². The molecule has 8 nitrogen and oxygen atoms in total. The maximum absolute atomic E-state index is 13.0. The molecule has 0 atom stereocenters. The number of nitrogens with one attached hydrogen (secondary N) is 2. The molecule has 0 radical (unpaired) electrons. The van der Waals surface area contributed by atoms with Gasteiger partial charge < -0.3 is 15.2 Å². The first-order chi connectivity index (χ1) is 19.5. The molecule has 0 aliphatic carbocycles. The number of fused-ring (bicyclic) bond motifs is 1. The van der Waals surface area contributed by atoms with Gasteiger partial charge in [0.05, 0.1) is 23.3 Å². The van der Waals surface area contributed by atoms with E-state index in [1.165, 1.54) is 4.88 Å². The van der Waals surface area contributed by atoms with Gasteiger partial charge in [0.1, 0.15) is 5.82 Å². The van der Waals surface area contributed by atoms with Crippen molar-refractivity contribution in [3.63, 3.8) is 0 Å². The molecule has 210 valence electrons. The van der Waals surface area contributed by atoms with Gasteiger partial charge in [0.2, 0.25) is 5.91 Å². The zero-order valence-corrected chi connectivity index (χ0v) is 24.1. The van der Waals surface area contributed by atoms with Crippen molar-refractivity contribution in [1.29, 1.82) is 0 Å². The molecule has 1 fully saturated rings. The number of likely N-dealkylation sites (tertiary alicyclic amines) is 1. The largest absolute Gasteiger partial charge is 0.352 e. The van der Waals surface area contributed by atoms with E-state index in [9.17, 15) is 9.59 Å². The van der Waals surface area contributed by atoms with E-state index in [2.05, 4.69) is 56.4 Å². The van der Waals surface area contributed by atoms with Crippen LogP contribution in [0.3, 0.4) is 0 Å². The molecule has 1 aromatic carbocycles. The Morgan fingerprint density at radius 2 is 1.90 bits per heavy atom. The first-order valence-corrected chi connectivity index (χ1v) is 15.1. The van der Waals surface area contributed by atoms with Crippen molar-refractivity contribution in [2.45, 2.75) is 64.6 Å². The van der Waals surface area contributed by atoms with Gasteiger partial charge in [0.25, 0.3) is 5.91 Å². The normalized spacial score (nSPS) is 14.6. The van der Waals surface area contributed by atoms with Gasteiger partial charge in [-0.3, -0.25) is 19.5 Å². The molecule has 0 bridgehead atoms. The van der Waals surface area contributed by atoms with E-state index in [-0.39, 0.29) is 24.4 Å². The van der Waals surface area contributed by atoms with Gasteiger partial charge in [-0.25, -0.2) is 4.98 Å². The summed E-state index contributed by atoms with van der Waals surface area (Å²) in [5.41, 5.74) is 3.43. The number of imidazole rings is 1. The fraction of sp³-hybridized carbons (Fsp3) is 0.419. The van der Waals surface area contributed by atoms with Crippen molar-refractivity contribution in [2.75, 3.05) is 19.6 Å². The number of aromatic nitrogens is 3. The summed E-state index contributed by atoms with van der Waals surface area (Å²) < 4.78 is 2.34. The van der Waals surface area contributed by atoms with Gasteiger partial charge in [0, 0.05) is 54.8 Å². The van der Waals surface area contributed by atoms with E-state index in [0.29, 0.717) is 11.6 Å². The minimum Gasteiger partial charge on any atom is -0.352 e. The number of benzene rings is 1. The van der Waals surface area contributed by atoms with E-state index < -0.39 is 0 Å². The van der Waals surface area contributed by atoms with Crippen LogP contribution in [0.5, 0.6) is 0 Å². The summed E-state index contributed by atoms with van der Waals surface area (Å²) in [5.74, 6) is 0.599. The van der Waals surface area contributed by atoms with E-state index in [1.807, 2.05) is 42.6 Å². The first-order valence-electron chi connectivity index (χ1n) is 14.3. The highest BCUT2D eigenvalue weighted by atomic mass is 32.1. The van der Waals surface area contributed by atoms with Crippen LogP contribution >= 0.6 is 11.3 Å². The molecule has 4 aromatic rings. The molecule has 0 spiro atoms. The number of piperidine rings is 1. The van der Waals surface area contributed by atoms with Crippen molar-refractivity contribution >= 4 is 34.2 Å². The molecule has 9 heteroatoms. The van der Waals surface area contributed by atoms with Crippen LogP contribution in [0.15, 0.2) is 60.1 Å². The number of hydrogen-bond acceptors (Lipinski definition) is 6. The average Bonchev–Trinajstić information content (AvgIpc) is 3.62. The maximum Gasteiger partial charge on any atom is 0.251 e. The van der Waals surface area contributed by atoms with Gasteiger partial charge in [0.15, 0.2) is 0 Å². The average molecular weight is 559 g/mol. The molecule has 1 aliphatic rings. The monoisotopic (exact) mass is 558 g/mol. The highest BCUT2D eigenvalue weighted by Crippen LogP contribution is 2.28. The maximum atomic E-state index is 13.0. The van der Waals surface area contributed by atoms with Crippen LogP contribution in [0.25, 0.3) is 11.0 Å². The SMILES string of the molecule is CCC(CC)n1c(Cc2cccs2)nc2cc(C(=O)NCC(=O)NC3CCN(Cc4ccccn4)CC3)ccc21. The number of hydrogen-bond donors (Lipinski definition) is 2. The lowest BCUT2D eigenvalue weighted by molar-refractivity contribution is -0.121. The summed E-state index contributed by atoms with van der Waals surface area (Å²) in [6, 6.07) is 16.3. The summed E-state index contributed by atoms with van der Waals surface area (Å²) in [4.78, 5) is 38.6. The predicted molar refractivity (Wildman–Crippen MR) is 159 cm³/mol. The van der Waals surface area contributed by atoms with Crippen molar-refractivity contribution < 1.29 is 9.59 Å². The van der Waals surface area contributed by atoms with Crippen LogP contribution in [0.4, 0.5) is 0 Å². The lowest BCUT2D eigenvalue weighted by Crippen LogP contribution is -2.47. The lowest BCUT2D eigenvalue weighted by atomic mass is 10.0. The Morgan fingerprint density at radius 3 is 2.60 bits per heavy atom. The lowest BCUT2D eigenvalue weighted by Gasteiger charge is -2.32. The Bertz CT molecular complexity index is 1410. The molecule has 5 rings (SSSR count). The smallest absolute Gasteiger partial charge is 0.251 e. The number of pyridine rings is 1. The van der Waals surface area contributed by atoms with Crippen molar-refractivity contribution in [3.05, 3.63) is 82.1 Å². The Kier molecular flexibility index (Phi) is 9.23. The second-order valence-corrected chi connectivity index (χ2v) is 11.5.